The molecule has 0 saturated carbocycles. The van der Waals surface area contributed by atoms with Gasteiger partial charge in [0, 0.05) is 32.2 Å². The number of halogens is 1. The first-order chi connectivity index (χ1) is 15.2. The van der Waals surface area contributed by atoms with Gasteiger partial charge < -0.3 is 25.4 Å². The average molecular weight is 554 g/mol. The molecule has 32 heavy (non-hydrogen) atoms. The molecule has 2 aromatic carbocycles. The standard InChI is InChI=1S/C24H34N4O3.HI/c1-4-31-22-18-19(13-14-21(22)30-3)10-8-15-27-24(25-2)28-17-9-16-26-23(29)20-11-6-5-7-12-20;/h5-7,11-14,18H,4,8-10,15-17H2,1-3H3,(H,26,29)(H2,25,27,28);1H. The zero-order chi connectivity index (χ0) is 22.3. The molecule has 0 saturated heterocycles. The van der Waals surface area contributed by atoms with Gasteiger partial charge in [-0.15, -0.1) is 24.0 Å². The van der Waals surface area contributed by atoms with Gasteiger partial charge in [0.15, 0.2) is 17.5 Å². The molecule has 0 fully saturated rings. The molecule has 0 heterocycles. The highest BCUT2D eigenvalue weighted by Crippen LogP contribution is 2.28. The summed E-state index contributed by atoms with van der Waals surface area (Å²) in [5.41, 5.74) is 1.89. The molecule has 0 aliphatic rings. The van der Waals surface area contributed by atoms with Crippen LogP contribution in [0.2, 0.25) is 0 Å². The van der Waals surface area contributed by atoms with Crippen LogP contribution in [0.1, 0.15) is 35.7 Å². The molecule has 176 valence electrons. The van der Waals surface area contributed by atoms with Crippen molar-refractivity contribution < 1.29 is 14.3 Å². The van der Waals surface area contributed by atoms with Crippen molar-refractivity contribution in [3.8, 4) is 11.5 Å². The molecule has 0 aliphatic carbocycles. The number of hydrogen-bond acceptors (Lipinski definition) is 4. The number of aryl methyl sites for hydroxylation is 1. The molecule has 0 radical (unpaired) electrons. The lowest BCUT2D eigenvalue weighted by atomic mass is 10.1. The summed E-state index contributed by atoms with van der Waals surface area (Å²) in [4.78, 5) is 16.2. The molecule has 0 aromatic heterocycles. The number of carbonyl (C=O) groups is 1. The van der Waals surface area contributed by atoms with Gasteiger partial charge in [0.25, 0.3) is 5.91 Å². The van der Waals surface area contributed by atoms with Crippen LogP contribution >= 0.6 is 24.0 Å². The number of carbonyl (C=O) groups excluding carboxylic acids is 1. The van der Waals surface area contributed by atoms with Gasteiger partial charge in [-0.2, -0.15) is 0 Å². The summed E-state index contributed by atoms with van der Waals surface area (Å²) >= 11 is 0. The van der Waals surface area contributed by atoms with E-state index < -0.39 is 0 Å². The minimum Gasteiger partial charge on any atom is -0.493 e. The Balaban J connectivity index is 0.00000512. The molecule has 0 bridgehead atoms. The van der Waals surface area contributed by atoms with Crippen molar-refractivity contribution in [3.63, 3.8) is 0 Å². The number of methoxy groups -OCH3 is 1. The normalized spacial score (nSPS) is 10.7. The molecule has 1 amide bonds. The van der Waals surface area contributed by atoms with Crippen molar-refractivity contribution in [2.24, 2.45) is 4.99 Å². The van der Waals surface area contributed by atoms with Crippen molar-refractivity contribution in [1.82, 2.24) is 16.0 Å². The lowest BCUT2D eigenvalue weighted by Crippen LogP contribution is -2.39. The smallest absolute Gasteiger partial charge is 0.251 e. The third-order valence-corrected chi connectivity index (χ3v) is 4.65. The van der Waals surface area contributed by atoms with Crippen LogP contribution < -0.4 is 25.4 Å². The highest BCUT2D eigenvalue weighted by atomic mass is 127. The number of ether oxygens (including phenoxy) is 2. The fraction of sp³-hybridized carbons (Fsp3) is 0.417. The van der Waals surface area contributed by atoms with E-state index in [0.29, 0.717) is 18.7 Å². The number of benzene rings is 2. The van der Waals surface area contributed by atoms with Gasteiger partial charge in [-0.25, -0.2) is 0 Å². The van der Waals surface area contributed by atoms with Gasteiger partial charge >= 0.3 is 0 Å². The number of guanidine groups is 1. The molecule has 0 spiro atoms. The molecule has 3 N–H and O–H groups in total. The first-order valence-corrected chi connectivity index (χ1v) is 10.8. The lowest BCUT2D eigenvalue weighted by molar-refractivity contribution is 0.0953. The molecule has 2 rings (SSSR count). The molecule has 8 heteroatoms. The fourth-order valence-corrected chi connectivity index (χ4v) is 3.05. The molecule has 0 atom stereocenters. The van der Waals surface area contributed by atoms with E-state index in [1.807, 2.05) is 49.4 Å². The van der Waals surface area contributed by atoms with Gasteiger partial charge in [-0.1, -0.05) is 24.3 Å². The first kappa shape index (κ1) is 27.5. The maximum Gasteiger partial charge on any atom is 0.251 e. The number of amides is 1. The van der Waals surface area contributed by atoms with Gasteiger partial charge in [-0.3, -0.25) is 9.79 Å². The topological polar surface area (TPSA) is 84.0 Å². The quantitative estimate of drug-likeness (QED) is 0.162. The maximum absolute atomic E-state index is 12.0. The van der Waals surface area contributed by atoms with E-state index in [4.69, 9.17) is 9.47 Å². The van der Waals surface area contributed by atoms with E-state index in [-0.39, 0.29) is 29.9 Å². The van der Waals surface area contributed by atoms with Crippen LogP contribution in [0.4, 0.5) is 0 Å². The molecule has 0 unspecified atom stereocenters. The van der Waals surface area contributed by atoms with Crippen LogP contribution in [0.15, 0.2) is 53.5 Å². The van der Waals surface area contributed by atoms with Crippen molar-refractivity contribution in [3.05, 3.63) is 59.7 Å². The van der Waals surface area contributed by atoms with Crippen LogP contribution in [0.25, 0.3) is 0 Å². The van der Waals surface area contributed by atoms with Crippen molar-refractivity contribution in [2.45, 2.75) is 26.2 Å². The van der Waals surface area contributed by atoms with E-state index >= 15 is 0 Å². The second-order valence-electron chi connectivity index (χ2n) is 6.92. The van der Waals surface area contributed by atoms with Gasteiger partial charge in [0.05, 0.1) is 13.7 Å². The number of hydrogen-bond donors (Lipinski definition) is 3. The Labute approximate surface area is 208 Å². The zero-order valence-corrected chi connectivity index (χ0v) is 21.5. The minimum atomic E-state index is -0.0471. The first-order valence-electron chi connectivity index (χ1n) is 10.8. The molecular weight excluding hydrogens is 519 g/mol. The van der Waals surface area contributed by atoms with Crippen LogP contribution in [0, 0.1) is 0 Å². The highest BCUT2D eigenvalue weighted by Gasteiger charge is 2.06. The largest absolute Gasteiger partial charge is 0.493 e. The van der Waals surface area contributed by atoms with E-state index in [1.165, 1.54) is 5.56 Å². The Bertz CT molecular complexity index is 831. The third kappa shape index (κ3) is 9.76. The Morgan fingerprint density at radius 2 is 1.62 bits per heavy atom. The summed E-state index contributed by atoms with van der Waals surface area (Å²) in [7, 11) is 3.40. The SMILES string of the molecule is CCOc1cc(CCCNC(=NC)NCCCNC(=O)c2ccccc2)ccc1OC.I. The number of nitrogens with zero attached hydrogens (tertiary/aromatic N) is 1. The molecule has 7 nitrogen and oxygen atoms in total. The Morgan fingerprint density at radius 1 is 0.938 bits per heavy atom. The van der Waals surface area contributed by atoms with Gasteiger partial charge in [-0.05, 0) is 56.0 Å². The predicted octanol–water partition coefficient (Wildman–Crippen LogP) is 3.63. The van der Waals surface area contributed by atoms with Crippen molar-refractivity contribution >= 4 is 35.8 Å². The summed E-state index contributed by atoms with van der Waals surface area (Å²) in [6.45, 7) is 4.72. The molecule has 0 aliphatic heterocycles. The van der Waals surface area contributed by atoms with E-state index in [2.05, 4.69) is 27.0 Å². The number of aliphatic imine (C=N–C) groups is 1. The molecular formula is C24H35IN4O3. The fourth-order valence-electron chi connectivity index (χ4n) is 3.05. The van der Waals surface area contributed by atoms with Gasteiger partial charge in [0.2, 0.25) is 0 Å². The summed E-state index contributed by atoms with van der Waals surface area (Å²) in [5.74, 6) is 2.26. The Kier molecular flexibility index (Phi) is 13.9. The van der Waals surface area contributed by atoms with Crippen LogP contribution in [0.5, 0.6) is 11.5 Å². The monoisotopic (exact) mass is 554 g/mol. The van der Waals surface area contributed by atoms with Crippen LogP contribution in [-0.4, -0.2) is 52.3 Å². The minimum absolute atomic E-state index is 0. The second kappa shape index (κ2) is 16.2. The van der Waals surface area contributed by atoms with Crippen LogP contribution in [0.3, 0.4) is 0 Å². The Hall–Kier alpha value is -2.49. The third-order valence-electron chi connectivity index (χ3n) is 4.65. The second-order valence-corrected chi connectivity index (χ2v) is 6.92. The van der Waals surface area contributed by atoms with Gasteiger partial charge in [0.1, 0.15) is 0 Å². The van der Waals surface area contributed by atoms with Crippen molar-refractivity contribution in [1.29, 1.82) is 0 Å². The lowest BCUT2D eigenvalue weighted by Gasteiger charge is -2.13. The summed E-state index contributed by atoms with van der Waals surface area (Å²) in [6.07, 6.45) is 2.70. The Morgan fingerprint density at radius 3 is 2.28 bits per heavy atom. The van der Waals surface area contributed by atoms with E-state index in [0.717, 1.165) is 49.8 Å². The predicted molar refractivity (Wildman–Crippen MR) is 141 cm³/mol. The average Bonchev–Trinajstić information content (AvgIpc) is 2.81. The summed E-state index contributed by atoms with van der Waals surface area (Å²) in [6, 6.07) is 15.3. The number of nitrogens with one attached hydrogen (secondary N) is 3. The highest BCUT2D eigenvalue weighted by molar-refractivity contribution is 14.0. The summed E-state index contributed by atoms with van der Waals surface area (Å²) < 4.78 is 11.0. The van der Waals surface area contributed by atoms with Crippen LogP contribution in [-0.2, 0) is 6.42 Å². The van der Waals surface area contributed by atoms with E-state index in [9.17, 15) is 4.79 Å². The maximum atomic E-state index is 12.0. The number of rotatable bonds is 12. The van der Waals surface area contributed by atoms with E-state index in [1.54, 1.807) is 14.2 Å². The zero-order valence-electron chi connectivity index (χ0n) is 19.1. The summed E-state index contributed by atoms with van der Waals surface area (Å²) in [5, 5.41) is 9.52. The molecule has 2 aromatic rings. The van der Waals surface area contributed by atoms with Crippen molar-refractivity contribution in [2.75, 3.05) is 40.4 Å².